The third kappa shape index (κ3) is 4.42. The number of allylic oxidation sites excluding steroid dienone is 2. The van der Waals surface area contributed by atoms with Crippen molar-refractivity contribution in [1.29, 1.82) is 0 Å². The number of nitrogens with two attached hydrogens (primary N) is 1. The lowest BCUT2D eigenvalue weighted by molar-refractivity contribution is -0.145. The third-order valence-electron chi connectivity index (χ3n) is 7.83. The molecule has 3 atom stereocenters. The molecule has 5 rings (SSSR count). The number of phenols is 1. The minimum atomic E-state index is -2.63. The highest BCUT2D eigenvalue weighted by Gasteiger charge is 2.59. The Bertz CT molecular complexity index is 1600. The molecule has 0 unspecified atom stereocenters. The first-order valence-electron chi connectivity index (χ1n) is 12.7. The van der Waals surface area contributed by atoms with E-state index >= 15 is 0 Å². The number of hydrogen-bond acceptors (Lipinski definition) is 10. The zero-order valence-electron chi connectivity index (χ0n) is 21.8. The number of rotatable bonds is 5. The Balaban J connectivity index is 1.51. The molecule has 0 radical (unpaired) electrons. The van der Waals surface area contributed by atoms with Crippen LogP contribution >= 0.6 is 0 Å². The van der Waals surface area contributed by atoms with Gasteiger partial charge in [0.2, 0.25) is 5.78 Å². The van der Waals surface area contributed by atoms with Crippen LogP contribution in [0.3, 0.4) is 0 Å². The van der Waals surface area contributed by atoms with E-state index < -0.39 is 70.5 Å². The number of ether oxygens (including phenoxy) is 1. The summed E-state index contributed by atoms with van der Waals surface area (Å²) in [6.45, 7) is 0.752. The van der Waals surface area contributed by atoms with Crippen LogP contribution in [-0.4, -0.2) is 62.0 Å². The minimum Gasteiger partial charge on any atom is -0.511 e. The van der Waals surface area contributed by atoms with E-state index in [1.54, 1.807) is 30.3 Å². The number of aliphatic hydroxyl groups is 3. The van der Waals surface area contributed by atoms with E-state index in [4.69, 9.17) is 5.73 Å². The average Bonchev–Trinajstić information content (AvgIpc) is 2.90. The van der Waals surface area contributed by atoms with E-state index in [2.05, 4.69) is 10.1 Å². The Morgan fingerprint density at radius 3 is 2.37 bits per heavy atom. The lowest BCUT2D eigenvalue weighted by Crippen LogP contribution is -2.57. The number of nitrogens with one attached hydrogen (secondary N) is 1. The Labute approximate surface area is 232 Å². The minimum absolute atomic E-state index is 0.0192. The predicted octanol–water partition coefficient (Wildman–Crippen LogP) is 1.75. The summed E-state index contributed by atoms with van der Waals surface area (Å²) < 4.78 is 4.67. The van der Waals surface area contributed by atoms with Gasteiger partial charge in [0.1, 0.15) is 22.8 Å². The fraction of sp³-hybridized carbons (Fsp3) is 0.276. The van der Waals surface area contributed by atoms with Gasteiger partial charge in [-0.25, -0.2) is 0 Å². The number of phenolic OH excluding ortho intramolecular Hbond substituents is 1. The van der Waals surface area contributed by atoms with Crippen LogP contribution in [0.15, 0.2) is 59.1 Å². The summed E-state index contributed by atoms with van der Waals surface area (Å²) in [6.07, 6.45) is -0.142. The Kier molecular flexibility index (Phi) is 6.66. The van der Waals surface area contributed by atoms with Crippen molar-refractivity contribution in [3.8, 4) is 16.9 Å². The van der Waals surface area contributed by atoms with Crippen LogP contribution in [0.2, 0.25) is 0 Å². The number of carbonyl (C=O) groups excluding carboxylic acids is 5. The Hall–Kier alpha value is -4.97. The zero-order chi connectivity index (χ0) is 29.8. The molecule has 2 aromatic rings. The van der Waals surface area contributed by atoms with Gasteiger partial charge in [-0.3, -0.25) is 24.0 Å². The normalized spacial score (nSPS) is 23.4. The summed E-state index contributed by atoms with van der Waals surface area (Å²) in [6, 6.07) is 9.55. The second-order valence-electron chi connectivity index (χ2n) is 10.3. The van der Waals surface area contributed by atoms with Gasteiger partial charge in [0, 0.05) is 30.5 Å². The first kappa shape index (κ1) is 27.6. The van der Waals surface area contributed by atoms with Crippen LogP contribution in [0.4, 0.5) is 5.69 Å². The summed E-state index contributed by atoms with van der Waals surface area (Å²) in [5, 5.41) is 46.1. The fourth-order valence-electron chi connectivity index (χ4n) is 5.99. The molecular weight excluding hydrogens is 536 g/mol. The number of hydrogen-bond donors (Lipinski definition) is 6. The van der Waals surface area contributed by atoms with Crippen molar-refractivity contribution in [1.82, 2.24) is 0 Å². The highest BCUT2D eigenvalue weighted by Crippen LogP contribution is 2.52. The lowest BCUT2D eigenvalue weighted by Gasteiger charge is -2.45. The molecule has 7 N–H and O–H groups in total. The van der Waals surface area contributed by atoms with E-state index in [0.717, 1.165) is 0 Å². The molecule has 0 fully saturated rings. The fourth-order valence-corrected chi connectivity index (χ4v) is 5.99. The molecule has 212 valence electrons. The predicted molar refractivity (Wildman–Crippen MR) is 142 cm³/mol. The highest BCUT2D eigenvalue weighted by molar-refractivity contribution is 6.24. The molecule has 0 spiro atoms. The molecule has 0 saturated carbocycles. The molecule has 41 heavy (non-hydrogen) atoms. The SMILES string of the molecule is CC(=O)OCC(=O)Nc1ccc(-c2ccc(O)c3c2C[C@H]2C[C@H]4CC(O)=C(C(N)=O)C(=O)[C@@]4(O)C(O)=C2C3=O)cc1. The van der Waals surface area contributed by atoms with Crippen molar-refractivity contribution in [3.63, 3.8) is 0 Å². The highest BCUT2D eigenvalue weighted by atomic mass is 16.5. The van der Waals surface area contributed by atoms with Gasteiger partial charge in [0.15, 0.2) is 18.0 Å². The van der Waals surface area contributed by atoms with Gasteiger partial charge in [0.05, 0.1) is 5.56 Å². The largest absolute Gasteiger partial charge is 0.511 e. The number of carbonyl (C=O) groups is 5. The maximum absolute atomic E-state index is 13.7. The number of primary amides is 1. The number of aliphatic hydroxyl groups excluding tert-OH is 2. The Morgan fingerprint density at radius 1 is 1.05 bits per heavy atom. The van der Waals surface area contributed by atoms with Crippen molar-refractivity contribution in [2.45, 2.75) is 31.8 Å². The Morgan fingerprint density at radius 2 is 1.73 bits per heavy atom. The molecule has 12 heteroatoms. The molecule has 2 aromatic carbocycles. The van der Waals surface area contributed by atoms with Crippen LogP contribution < -0.4 is 11.1 Å². The van der Waals surface area contributed by atoms with Crippen molar-refractivity contribution >= 4 is 35.0 Å². The van der Waals surface area contributed by atoms with Crippen LogP contribution in [0.25, 0.3) is 11.1 Å². The van der Waals surface area contributed by atoms with Gasteiger partial charge in [-0.15, -0.1) is 0 Å². The van der Waals surface area contributed by atoms with E-state index in [0.29, 0.717) is 22.4 Å². The van der Waals surface area contributed by atoms with Crippen LogP contribution in [0, 0.1) is 11.8 Å². The number of ketones is 2. The topological polar surface area (TPSA) is 214 Å². The first-order valence-corrected chi connectivity index (χ1v) is 12.7. The van der Waals surface area contributed by atoms with Crippen LogP contribution in [0.5, 0.6) is 5.75 Å². The quantitative estimate of drug-likeness (QED) is 0.229. The number of amides is 2. The molecule has 0 aliphatic heterocycles. The molecular formula is C29H26N2O10. The van der Waals surface area contributed by atoms with E-state index in [1.165, 1.54) is 13.0 Å². The number of fused-ring (bicyclic) bond motifs is 3. The average molecular weight is 563 g/mol. The summed E-state index contributed by atoms with van der Waals surface area (Å²) in [7, 11) is 0. The van der Waals surface area contributed by atoms with Crippen LogP contribution in [-0.2, 0) is 30.3 Å². The van der Waals surface area contributed by atoms with Crippen molar-refractivity contribution in [3.05, 3.63) is 70.2 Å². The first-order chi connectivity index (χ1) is 19.3. The van der Waals surface area contributed by atoms with Gasteiger partial charge < -0.3 is 36.2 Å². The van der Waals surface area contributed by atoms with E-state index in [9.17, 15) is 44.4 Å². The van der Waals surface area contributed by atoms with Crippen LogP contribution in [0.1, 0.15) is 35.7 Å². The monoisotopic (exact) mass is 562 g/mol. The number of anilines is 1. The number of esters is 1. The molecule has 2 amide bonds. The van der Waals surface area contributed by atoms with Gasteiger partial charge in [-0.2, -0.15) is 0 Å². The van der Waals surface area contributed by atoms with E-state index in [1.807, 2.05) is 0 Å². The molecule has 0 aromatic heterocycles. The number of benzene rings is 2. The molecule has 0 saturated heterocycles. The molecule has 3 aliphatic rings. The van der Waals surface area contributed by atoms with Crippen molar-refractivity contribution in [2.75, 3.05) is 11.9 Å². The van der Waals surface area contributed by atoms with Crippen molar-refractivity contribution in [2.24, 2.45) is 17.6 Å². The zero-order valence-corrected chi connectivity index (χ0v) is 21.8. The lowest BCUT2D eigenvalue weighted by atomic mass is 9.60. The number of aromatic hydroxyl groups is 1. The molecule has 0 bridgehead atoms. The van der Waals surface area contributed by atoms with Crippen molar-refractivity contribution < 1.29 is 49.1 Å². The van der Waals surface area contributed by atoms with Gasteiger partial charge in [-0.05, 0) is 53.6 Å². The van der Waals surface area contributed by atoms with Gasteiger partial charge >= 0.3 is 5.97 Å². The summed E-state index contributed by atoms with van der Waals surface area (Å²) in [4.78, 5) is 61.4. The molecule has 12 nitrogen and oxygen atoms in total. The smallest absolute Gasteiger partial charge is 0.303 e. The summed E-state index contributed by atoms with van der Waals surface area (Å²) in [5.41, 5.74) is 3.59. The maximum atomic E-state index is 13.7. The second-order valence-corrected chi connectivity index (χ2v) is 10.3. The standard InChI is InChI=1S/C29H26N2O10/c1-12(32)41-11-21(35)31-16-4-2-13(3-5-16)17-6-7-19(33)23-18(17)9-14-8-15-10-20(34)24(28(30)39)27(38)29(15,40)26(37)22(14)25(23)36/h2-7,14-15,33-34,37,40H,8-11H2,1H3,(H2,30,39)(H,31,35)/t14-,15+,29+/m1/s1. The third-order valence-corrected chi connectivity index (χ3v) is 7.83. The van der Waals surface area contributed by atoms with Gasteiger partial charge in [0.25, 0.3) is 11.8 Å². The summed E-state index contributed by atoms with van der Waals surface area (Å²) >= 11 is 0. The summed E-state index contributed by atoms with van der Waals surface area (Å²) in [5.74, 6) is -8.00. The van der Waals surface area contributed by atoms with Gasteiger partial charge in [-0.1, -0.05) is 18.2 Å². The van der Waals surface area contributed by atoms with E-state index in [-0.39, 0.29) is 36.1 Å². The maximum Gasteiger partial charge on any atom is 0.303 e. The number of Topliss-reactive ketones (excluding diaryl/α,β-unsaturated/α-hetero) is 2. The second kappa shape index (κ2) is 9.89. The molecule has 0 heterocycles. The molecule has 3 aliphatic carbocycles.